The lowest BCUT2D eigenvalue weighted by Gasteiger charge is -2.39. The molecule has 1 aromatic carbocycles. The van der Waals surface area contributed by atoms with Crippen molar-refractivity contribution < 1.29 is 43.5 Å². The first kappa shape index (κ1) is 27.3. The summed E-state index contributed by atoms with van der Waals surface area (Å²) in [5.74, 6) is -0.332. The number of ether oxygens (including phenoxy) is 4. The van der Waals surface area contributed by atoms with E-state index in [1.165, 1.54) is 6.07 Å². The van der Waals surface area contributed by atoms with Crippen molar-refractivity contribution in [2.24, 2.45) is 0 Å². The van der Waals surface area contributed by atoms with E-state index in [0.717, 1.165) is 5.69 Å². The summed E-state index contributed by atoms with van der Waals surface area (Å²) in [5.41, 5.74) is 1.70. The lowest BCUT2D eigenvalue weighted by molar-refractivity contribution is -0.278. The van der Waals surface area contributed by atoms with Gasteiger partial charge in [0.25, 0.3) is 0 Å². The molecule has 1 fully saturated rings. The van der Waals surface area contributed by atoms with Gasteiger partial charge >= 0.3 is 6.16 Å². The Hall–Kier alpha value is -2.25. The van der Waals surface area contributed by atoms with Crippen molar-refractivity contribution in [3.63, 3.8) is 0 Å². The molecule has 2 aromatic rings. The SMILES string of the molecule is CCOC(=O)OC[C@H]1O[C@@H](Oc2nn(C(C)C)c(C)c2Cc2ccc(Br)cc2F)[C@H](O)[C@@H](O)[C@@H]1O. The van der Waals surface area contributed by atoms with Crippen molar-refractivity contribution in [3.8, 4) is 5.88 Å². The Morgan fingerprint density at radius 3 is 2.57 bits per heavy atom. The number of hydrogen-bond acceptors (Lipinski definition) is 9. The van der Waals surface area contributed by atoms with Crippen molar-refractivity contribution in [1.82, 2.24) is 9.78 Å². The molecule has 194 valence electrons. The minimum Gasteiger partial charge on any atom is -0.443 e. The number of carbonyl (C=O) groups excluding carboxylic acids is 1. The number of aliphatic hydroxyl groups is 3. The Bertz CT molecular complexity index is 1030. The number of benzene rings is 1. The predicted molar refractivity (Wildman–Crippen MR) is 125 cm³/mol. The normalized spacial score (nSPS) is 24.5. The maximum atomic E-state index is 14.6. The summed E-state index contributed by atoms with van der Waals surface area (Å²) in [6.07, 6.45) is -8.31. The maximum Gasteiger partial charge on any atom is 0.508 e. The summed E-state index contributed by atoms with van der Waals surface area (Å²) in [6, 6.07) is 4.68. The Balaban J connectivity index is 1.86. The zero-order chi connectivity index (χ0) is 25.9. The van der Waals surface area contributed by atoms with Gasteiger partial charge in [-0.3, -0.25) is 4.68 Å². The van der Waals surface area contributed by atoms with E-state index in [1.54, 1.807) is 23.7 Å². The minimum atomic E-state index is -1.65. The second kappa shape index (κ2) is 11.7. The van der Waals surface area contributed by atoms with Crippen molar-refractivity contribution in [2.45, 2.75) is 70.9 Å². The van der Waals surface area contributed by atoms with Crippen LogP contribution in [0.4, 0.5) is 9.18 Å². The van der Waals surface area contributed by atoms with Crippen molar-refractivity contribution >= 4 is 22.1 Å². The van der Waals surface area contributed by atoms with Gasteiger partial charge in [-0.05, 0) is 45.4 Å². The molecule has 0 bridgehead atoms. The van der Waals surface area contributed by atoms with E-state index in [0.29, 0.717) is 15.6 Å². The number of rotatable bonds is 8. The van der Waals surface area contributed by atoms with Crippen molar-refractivity contribution in [1.29, 1.82) is 0 Å². The number of carbonyl (C=O) groups is 1. The molecule has 0 aliphatic carbocycles. The van der Waals surface area contributed by atoms with Crippen LogP contribution in [0.25, 0.3) is 0 Å². The molecule has 1 aliphatic heterocycles. The van der Waals surface area contributed by atoms with Crippen molar-refractivity contribution in [3.05, 3.63) is 45.3 Å². The molecule has 0 saturated carbocycles. The fraction of sp³-hybridized carbons (Fsp3) is 0.565. The highest BCUT2D eigenvalue weighted by molar-refractivity contribution is 9.10. The van der Waals surface area contributed by atoms with Crippen LogP contribution in [-0.2, 0) is 20.6 Å². The van der Waals surface area contributed by atoms with Gasteiger partial charge in [0.1, 0.15) is 36.8 Å². The fourth-order valence-electron chi connectivity index (χ4n) is 3.75. The van der Waals surface area contributed by atoms with Crippen LogP contribution in [-0.4, -0.2) is 75.2 Å². The molecule has 3 N–H and O–H groups in total. The standard InChI is InChI=1S/C23H30BrFN2O8/c1-5-32-23(31)33-10-17-18(28)19(29)20(30)22(34-17)35-21-15(12(4)27(26-21)11(2)3)8-13-6-7-14(24)9-16(13)25/h6-7,9,11,17-20,22,28-30H,5,8,10H2,1-4H3/t17-,18-,19+,20-,22+/m1/s1. The largest absolute Gasteiger partial charge is 0.508 e. The number of halogens is 2. The van der Waals surface area contributed by atoms with Gasteiger partial charge in [-0.1, -0.05) is 22.0 Å². The molecular formula is C23H30BrFN2O8. The zero-order valence-electron chi connectivity index (χ0n) is 19.9. The summed E-state index contributed by atoms with van der Waals surface area (Å²) in [6.45, 7) is 6.91. The third-order valence-electron chi connectivity index (χ3n) is 5.63. The van der Waals surface area contributed by atoms with Gasteiger partial charge in [0, 0.05) is 28.2 Å². The molecule has 35 heavy (non-hydrogen) atoms. The number of aromatic nitrogens is 2. The molecular weight excluding hydrogens is 531 g/mol. The second-order valence-corrected chi connectivity index (χ2v) is 9.36. The molecule has 0 unspecified atom stereocenters. The lowest BCUT2D eigenvalue weighted by atomic mass is 9.99. The van der Waals surface area contributed by atoms with Crippen LogP contribution in [0.3, 0.4) is 0 Å². The molecule has 0 radical (unpaired) electrons. The van der Waals surface area contributed by atoms with Crippen LogP contribution in [0, 0.1) is 12.7 Å². The zero-order valence-corrected chi connectivity index (χ0v) is 21.4. The quantitative estimate of drug-likeness (QED) is 0.416. The summed E-state index contributed by atoms with van der Waals surface area (Å²) >= 11 is 3.24. The van der Waals surface area contributed by atoms with Gasteiger partial charge in [0.15, 0.2) is 0 Å². The Kier molecular flexibility index (Phi) is 9.11. The first-order chi connectivity index (χ1) is 16.5. The molecule has 0 amide bonds. The van der Waals surface area contributed by atoms with Crippen molar-refractivity contribution in [2.75, 3.05) is 13.2 Å². The van der Waals surface area contributed by atoms with E-state index in [-0.39, 0.29) is 24.9 Å². The van der Waals surface area contributed by atoms with E-state index in [4.69, 9.17) is 14.2 Å². The monoisotopic (exact) mass is 560 g/mol. The smallest absolute Gasteiger partial charge is 0.443 e. The first-order valence-corrected chi connectivity index (χ1v) is 12.0. The van der Waals surface area contributed by atoms with E-state index < -0.39 is 49.3 Å². The third-order valence-corrected chi connectivity index (χ3v) is 6.13. The second-order valence-electron chi connectivity index (χ2n) is 8.45. The van der Waals surface area contributed by atoms with E-state index in [1.807, 2.05) is 20.8 Å². The maximum absolute atomic E-state index is 14.6. The predicted octanol–water partition coefficient (Wildman–Crippen LogP) is 2.62. The highest BCUT2D eigenvalue weighted by atomic mass is 79.9. The number of hydrogen-bond donors (Lipinski definition) is 3. The van der Waals surface area contributed by atoms with Crippen LogP contribution in [0.15, 0.2) is 22.7 Å². The summed E-state index contributed by atoms with van der Waals surface area (Å²) < 4.78 is 37.9. The van der Waals surface area contributed by atoms with E-state index in [2.05, 4.69) is 25.8 Å². The molecule has 1 aromatic heterocycles. The number of nitrogens with zero attached hydrogens (tertiary/aromatic N) is 2. The van der Waals surface area contributed by atoms with Crippen LogP contribution in [0.2, 0.25) is 0 Å². The van der Waals surface area contributed by atoms with Crippen LogP contribution >= 0.6 is 15.9 Å². The van der Waals surface area contributed by atoms with Crippen LogP contribution in [0.1, 0.15) is 43.6 Å². The molecule has 1 aliphatic rings. The number of aliphatic hydroxyl groups excluding tert-OH is 3. The highest BCUT2D eigenvalue weighted by Crippen LogP contribution is 2.31. The average molecular weight is 561 g/mol. The van der Waals surface area contributed by atoms with E-state index in [9.17, 15) is 24.5 Å². The summed E-state index contributed by atoms with van der Waals surface area (Å²) in [4.78, 5) is 11.5. The van der Waals surface area contributed by atoms with Crippen LogP contribution < -0.4 is 4.74 Å². The molecule has 1 saturated heterocycles. The topological polar surface area (TPSA) is 132 Å². The Morgan fingerprint density at radius 1 is 1.23 bits per heavy atom. The van der Waals surface area contributed by atoms with Crippen LogP contribution in [0.5, 0.6) is 5.88 Å². The van der Waals surface area contributed by atoms with Gasteiger partial charge in [-0.2, -0.15) is 0 Å². The molecule has 5 atom stereocenters. The lowest BCUT2D eigenvalue weighted by Crippen LogP contribution is -2.60. The molecule has 10 nitrogen and oxygen atoms in total. The van der Waals surface area contributed by atoms with Gasteiger partial charge in [-0.15, -0.1) is 5.10 Å². The Labute approximate surface area is 210 Å². The van der Waals surface area contributed by atoms with Gasteiger partial charge in [-0.25, -0.2) is 9.18 Å². The van der Waals surface area contributed by atoms with Gasteiger partial charge < -0.3 is 34.3 Å². The summed E-state index contributed by atoms with van der Waals surface area (Å²) in [5, 5.41) is 35.6. The average Bonchev–Trinajstić information content (AvgIpc) is 3.10. The molecule has 12 heteroatoms. The Morgan fingerprint density at radius 2 is 1.94 bits per heavy atom. The highest BCUT2D eigenvalue weighted by Gasteiger charge is 2.46. The fourth-order valence-corrected chi connectivity index (χ4v) is 4.09. The molecule has 3 rings (SSSR count). The first-order valence-electron chi connectivity index (χ1n) is 11.2. The molecule has 0 spiro atoms. The van der Waals surface area contributed by atoms with E-state index >= 15 is 0 Å². The third kappa shape index (κ3) is 6.31. The van der Waals surface area contributed by atoms with Gasteiger partial charge in [0.05, 0.1) is 6.61 Å². The van der Waals surface area contributed by atoms with Gasteiger partial charge in [0.2, 0.25) is 12.2 Å². The minimum absolute atomic E-state index is 0.0452. The summed E-state index contributed by atoms with van der Waals surface area (Å²) in [7, 11) is 0. The molecule has 2 heterocycles.